The molecular formula is C25H39N3O2. The van der Waals surface area contributed by atoms with Crippen LogP contribution >= 0.6 is 0 Å². The fraction of sp³-hybridized carbons (Fsp3) is 0.720. The average Bonchev–Trinajstić information content (AvgIpc) is 2.79. The summed E-state index contributed by atoms with van der Waals surface area (Å²) in [6, 6.07) is 7.31. The van der Waals surface area contributed by atoms with Gasteiger partial charge in [0, 0.05) is 45.0 Å². The third-order valence-corrected chi connectivity index (χ3v) is 7.43. The first kappa shape index (κ1) is 21.6. The lowest BCUT2D eigenvalue weighted by Crippen LogP contribution is -2.47. The number of carbonyl (C=O) groups is 1. The molecular weight excluding hydrogens is 374 g/mol. The lowest BCUT2D eigenvalue weighted by molar-refractivity contribution is -0.125. The zero-order chi connectivity index (χ0) is 20.8. The van der Waals surface area contributed by atoms with E-state index in [4.69, 9.17) is 4.74 Å². The molecule has 2 fully saturated rings. The Labute approximate surface area is 182 Å². The highest BCUT2D eigenvalue weighted by Gasteiger charge is 2.25. The molecule has 0 bridgehead atoms. The molecule has 0 radical (unpaired) electrons. The molecule has 166 valence electrons. The van der Waals surface area contributed by atoms with E-state index in [1.165, 1.54) is 70.3 Å². The van der Waals surface area contributed by atoms with Crippen LogP contribution in [-0.2, 0) is 22.4 Å². The highest BCUT2D eigenvalue weighted by atomic mass is 16.5. The molecule has 1 N–H and O–H groups in total. The molecule has 1 amide bonds. The fourth-order valence-electron chi connectivity index (χ4n) is 5.63. The Morgan fingerprint density at radius 2 is 1.83 bits per heavy atom. The maximum absolute atomic E-state index is 11.7. The van der Waals surface area contributed by atoms with Crippen molar-refractivity contribution in [2.75, 3.05) is 51.3 Å². The first-order valence-electron chi connectivity index (χ1n) is 12.1. The molecule has 1 aliphatic heterocycles. The number of rotatable bonds is 7. The van der Waals surface area contributed by atoms with Crippen LogP contribution in [-0.4, -0.2) is 63.3 Å². The topological polar surface area (TPSA) is 44.8 Å². The van der Waals surface area contributed by atoms with E-state index in [2.05, 4.69) is 33.3 Å². The SMILES string of the molecule is COCC(=O)NC1CCC(CCN2CCN(c3cccc4c3CCCC4)CC2)CC1. The number of methoxy groups -OCH3 is 1. The van der Waals surface area contributed by atoms with Gasteiger partial charge in [-0.15, -0.1) is 0 Å². The first-order chi connectivity index (χ1) is 14.7. The standard InChI is InChI=1S/C25H39N3O2/c1-30-19-25(29)26-22-11-9-20(10-12-22)13-14-27-15-17-28(18-16-27)24-8-4-6-21-5-2-3-7-23(21)24/h4,6,8,20,22H,2-3,5,7,9-19H2,1H3,(H,26,29). The Balaban J connectivity index is 1.17. The van der Waals surface area contributed by atoms with Crippen molar-refractivity contribution < 1.29 is 9.53 Å². The van der Waals surface area contributed by atoms with E-state index in [-0.39, 0.29) is 12.5 Å². The van der Waals surface area contributed by atoms with Gasteiger partial charge in [-0.2, -0.15) is 0 Å². The molecule has 5 nitrogen and oxygen atoms in total. The van der Waals surface area contributed by atoms with Crippen molar-refractivity contribution in [3.63, 3.8) is 0 Å². The van der Waals surface area contributed by atoms with Gasteiger partial charge in [0.2, 0.25) is 5.91 Å². The van der Waals surface area contributed by atoms with Gasteiger partial charge < -0.3 is 15.0 Å². The number of nitrogens with one attached hydrogen (secondary N) is 1. The van der Waals surface area contributed by atoms with Crippen LogP contribution in [0.15, 0.2) is 18.2 Å². The van der Waals surface area contributed by atoms with Crippen LogP contribution in [0.3, 0.4) is 0 Å². The summed E-state index contributed by atoms with van der Waals surface area (Å²) in [6.45, 7) is 6.10. The van der Waals surface area contributed by atoms with Gasteiger partial charge in [-0.25, -0.2) is 0 Å². The Kier molecular flexibility index (Phi) is 7.67. The monoisotopic (exact) mass is 413 g/mol. The number of amides is 1. The summed E-state index contributed by atoms with van der Waals surface area (Å²) in [5.41, 5.74) is 4.74. The number of nitrogens with zero attached hydrogens (tertiary/aromatic N) is 2. The molecule has 5 heteroatoms. The number of hydrogen-bond acceptors (Lipinski definition) is 4. The molecule has 2 aliphatic carbocycles. The van der Waals surface area contributed by atoms with E-state index in [1.807, 2.05) is 0 Å². The molecule has 0 aromatic heterocycles. The lowest BCUT2D eigenvalue weighted by Gasteiger charge is -2.38. The summed E-state index contributed by atoms with van der Waals surface area (Å²) < 4.78 is 4.91. The predicted molar refractivity (Wildman–Crippen MR) is 122 cm³/mol. The summed E-state index contributed by atoms with van der Waals surface area (Å²) in [7, 11) is 1.57. The van der Waals surface area contributed by atoms with Crippen LogP contribution in [0, 0.1) is 5.92 Å². The van der Waals surface area contributed by atoms with E-state index >= 15 is 0 Å². The van der Waals surface area contributed by atoms with Crippen LogP contribution in [0.1, 0.15) is 56.1 Å². The lowest BCUT2D eigenvalue weighted by atomic mass is 9.84. The summed E-state index contributed by atoms with van der Waals surface area (Å²) in [6.07, 6.45) is 11.3. The molecule has 1 heterocycles. The van der Waals surface area contributed by atoms with Gasteiger partial charge in [0.25, 0.3) is 0 Å². The van der Waals surface area contributed by atoms with Crippen LogP contribution < -0.4 is 10.2 Å². The highest BCUT2D eigenvalue weighted by molar-refractivity contribution is 5.77. The van der Waals surface area contributed by atoms with Gasteiger partial charge in [0.15, 0.2) is 0 Å². The van der Waals surface area contributed by atoms with Gasteiger partial charge in [0.05, 0.1) is 0 Å². The highest BCUT2D eigenvalue weighted by Crippen LogP contribution is 2.31. The molecule has 4 rings (SSSR count). The van der Waals surface area contributed by atoms with E-state index in [9.17, 15) is 4.79 Å². The van der Waals surface area contributed by atoms with Crippen molar-refractivity contribution in [3.8, 4) is 0 Å². The zero-order valence-corrected chi connectivity index (χ0v) is 18.7. The maximum atomic E-state index is 11.7. The Morgan fingerprint density at radius 1 is 1.07 bits per heavy atom. The number of piperazine rings is 1. The summed E-state index contributed by atoms with van der Waals surface area (Å²) in [4.78, 5) is 17.0. The van der Waals surface area contributed by atoms with E-state index < -0.39 is 0 Å². The molecule has 0 spiro atoms. The Hall–Kier alpha value is -1.59. The van der Waals surface area contributed by atoms with E-state index in [1.54, 1.807) is 18.2 Å². The van der Waals surface area contributed by atoms with Crippen LogP contribution in [0.2, 0.25) is 0 Å². The van der Waals surface area contributed by atoms with Crippen molar-refractivity contribution in [2.24, 2.45) is 5.92 Å². The van der Waals surface area contributed by atoms with Gasteiger partial charge in [0.1, 0.15) is 6.61 Å². The van der Waals surface area contributed by atoms with Crippen molar-refractivity contribution in [1.82, 2.24) is 10.2 Å². The van der Waals surface area contributed by atoms with Crippen molar-refractivity contribution >= 4 is 11.6 Å². The number of anilines is 1. The van der Waals surface area contributed by atoms with Gasteiger partial charge >= 0.3 is 0 Å². The number of carbonyl (C=O) groups excluding carboxylic acids is 1. The molecule has 1 aromatic carbocycles. The third-order valence-electron chi connectivity index (χ3n) is 7.43. The molecule has 1 saturated carbocycles. The normalized spacial score (nSPS) is 25.0. The molecule has 3 aliphatic rings. The molecule has 1 saturated heterocycles. The second-order valence-corrected chi connectivity index (χ2v) is 9.46. The largest absolute Gasteiger partial charge is 0.375 e. The molecule has 30 heavy (non-hydrogen) atoms. The first-order valence-corrected chi connectivity index (χ1v) is 12.1. The number of benzene rings is 1. The molecule has 0 atom stereocenters. The smallest absolute Gasteiger partial charge is 0.246 e. The van der Waals surface area contributed by atoms with Gasteiger partial charge in [-0.3, -0.25) is 9.69 Å². The Bertz CT molecular complexity index is 692. The maximum Gasteiger partial charge on any atom is 0.246 e. The second-order valence-electron chi connectivity index (χ2n) is 9.46. The predicted octanol–water partition coefficient (Wildman–Crippen LogP) is 3.40. The number of aryl methyl sites for hydroxylation is 1. The Morgan fingerprint density at radius 3 is 2.60 bits per heavy atom. The van der Waals surface area contributed by atoms with Crippen LogP contribution in [0.4, 0.5) is 5.69 Å². The summed E-state index contributed by atoms with van der Waals surface area (Å²) >= 11 is 0. The number of ether oxygens (including phenoxy) is 1. The molecule has 1 aromatic rings. The van der Waals surface area contributed by atoms with Gasteiger partial charge in [-0.1, -0.05) is 12.1 Å². The van der Waals surface area contributed by atoms with Crippen molar-refractivity contribution in [3.05, 3.63) is 29.3 Å². The zero-order valence-electron chi connectivity index (χ0n) is 18.7. The van der Waals surface area contributed by atoms with Gasteiger partial charge in [-0.05, 0) is 87.4 Å². The van der Waals surface area contributed by atoms with Crippen molar-refractivity contribution in [2.45, 2.75) is 63.8 Å². The van der Waals surface area contributed by atoms with Crippen LogP contribution in [0.5, 0.6) is 0 Å². The van der Waals surface area contributed by atoms with E-state index in [0.29, 0.717) is 6.04 Å². The van der Waals surface area contributed by atoms with Crippen molar-refractivity contribution in [1.29, 1.82) is 0 Å². The third kappa shape index (κ3) is 5.55. The summed E-state index contributed by atoms with van der Waals surface area (Å²) in [5.74, 6) is 0.846. The number of hydrogen-bond donors (Lipinski definition) is 1. The minimum Gasteiger partial charge on any atom is -0.375 e. The van der Waals surface area contributed by atoms with Crippen LogP contribution in [0.25, 0.3) is 0 Å². The van der Waals surface area contributed by atoms with E-state index in [0.717, 1.165) is 31.8 Å². The minimum absolute atomic E-state index is 0.0264. The average molecular weight is 414 g/mol. The molecule has 0 unspecified atom stereocenters. The quantitative estimate of drug-likeness (QED) is 0.744. The minimum atomic E-state index is 0.0264. The summed E-state index contributed by atoms with van der Waals surface area (Å²) in [5, 5.41) is 3.11. The second kappa shape index (κ2) is 10.6. The fourth-order valence-corrected chi connectivity index (χ4v) is 5.63. The number of fused-ring (bicyclic) bond motifs is 1.